The fourth-order valence-corrected chi connectivity index (χ4v) is 2.98. The maximum absolute atomic E-state index is 12.1. The summed E-state index contributed by atoms with van der Waals surface area (Å²) in [4.78, 5) is 20.3. The quantitative estimate of drug-likeness (QED) is 0.672. The lowest BCUT2D eigenvalue weighted by molar-refractivity contribution is 0.0946. The minimum atomic E-state index is -0.166. The molecule has 0 unspecified atom stereocenters. The van der Waals surface area contributed by atoms with Crippen molar-refractivity contribution in [3.05, 3.63) is 64.1 Å². The summed E-state index contributed by atoms with van der Waals surface area (Å²) >= 11 is 1.46. The highest BCUT2D eigenvalue weighted by Crippen LogP contribution is 2.10. The van der Waals surface area contributed by atoms with Gasteiger partial charge in [0.15, 0.2) is 0 Å². The zero-order chi connectivity index (χ0) is 16.8. The minimum Gasteiger partial charge on any atom is -0.347 e. The zero-order valence-corrected chi connectivity index (χ0v) is 13.9. The summed E-state index contributed by atoms with van der Waals surface area (Å²) in [6.07, 6.45) is 3.90. The maximum Gasteiger partial charge on any atom is 0.271 e. The first kappa shape index (κ1) is 16.3. The third kappa shape index (κ3) is 4.24. The second-order valence-electron chi connectivity index (χ2n) is 5.26. The van der Waals surface area contributed by atoms with Gasteiger partial charge in [0.25, 0.3) is 5.91 Å². The lowest BCUT2D eigenvalue weighted by Crippen LogP contribution is -2.23. The van der Waals surface area contributed by atoms with E-state index in [1.54, 1.807) is 16.4 Å². The van der Waals surface area contributed by atoms with Crippen LogP contribution in [0.25, 0.3) is 0 Å². The van der Waals surface area contributed by atoms with Gasteiger partial charge in [0, 0.05) is 18.3 Å². The Kier molecular flexibility index (Phi) is 5.29. The fourth-order valence-electron chi connectivity index (χ4n) is 2.19. The van der Waals surface area contributed by atoms with Crippen molar-refractivity contribution in [3.63, 3.8) is 0 Å². The molecule has 2 heterocycles. The Morgan fingerprint density at radius 1 is 1.25 bits per heavy atom. The van der Waals surface area contributed by atoms with Crippen molar-refractivity contribution in [2.75, 3.05) is 6.54 Å². The number of thiazole rings is 1. The summed E-state index contributed by atoms with van der Waals surface area (Å²) in [6, 6.07) is 8.03. The van der Waals surface area contributed by atoms with E-state index >= 15 is 0 Å². The van der Waals surface area contributed by atoms with E-state index in [-0.39, 0.29) is 5.91 Å². The van der Waals surface area contributed by atoms with E-state index in [4.69, 9.17) is 5.73 Å². The zero-order valence-electron chi connectivity index (χ0n) is 13.1. The molecule has 0 saturated carbocycles. The highest BCUT2D eigenvalue weighted by atomic mass is 32.1. The Labute approximate surface area is 143 Å². The van der Waals surface area contributed by atoms with E-state index in [2.05, 4.69) is 20.4 Å². The van der Waals surface area contributed by atoms with Crippen LogP contribution in [-0.4, -0.2) is 32.2 Å². The normalized spacial score (nSPS) is 10.7. The Bertz CT molecular complexity index is 781. The fraction of sp³-hybridized carbons (Fsp3) is 0.250. The number of rotatable bonds is 7. The summed E-state index contributed by atoms with van der Waals surface area (Å²) in [7, 11) is 0. The lowest BCUT2D eigenvalue weighted by atomic mass is 10.1. The third-order valence-corrected chi connectivity index (χ3v) is 4.34. The molecule has 8 heteroatoms. The Hall–Kier alpha value is -2.58. The molecule has 124 valence electrons. The van der Waals surface area contributed by atoms with Gasteiger partial charge in [-0.2, -0.15) is 5.10 Å². The first-order valence-corrected chi connectivity index (χ1v) is 8.45. The number of benzene rings is 1. The molecular formula is C16H18N6OS. The van der Waals surface area contributed by atoms with Crippen molar-refractivity contribution in [1.82, 2.24) is 25.1 Å². The predicted molar refractivity (Wildman–Crippen MR) is 91.6 cm³/mol. The molecule has 0 radical (unpaired) electrons. The Morgan fingerprint density at radius 3 is 2.75 bits per heavy atom. The van der Waals surface area contributed by atoms with Crippen molar-refractivity contribution >= 4 is 17.2 Å². The number of amides is 1. The topological polar surface area (TPSA) is 98.7 Å². The van der Waals surface area contributed by atoms with E-state index in [1.807, 2.05) is 24.3 Å². The molecule has 0 aliphatic rings. The van der Waals surface area contributed by atoms with Gasteiger partial charge in [-0.25, -0.2) is 14.6 Å². The van der Waals surface area contributed by atoms with Gasteiger partial charge < -0.3 is 11.1 Å². The number of carbonyl (C=O) groups excluding carboxylic acids is 1. The first-order chi connectivity index (χ1) is 11.7. The van der Waals surface area contributed by atoms with Crippen molar-refractivity contribution in [2.45, 2.75) is 19.5 Å². The molecule has 0 spiro atoms. The number of nitrogens with zero attached hydrogens (tertiary/aromatic N) is 4. The Balaban J connectivity index is 1.53. The van der Waals surface area contributed by atoms with Crippen LogP contribution < -0.4 is 11.1 Å². The van der Waals surface area contributed by atoms with Gasteiger partial charge in [0.05, 0.1) is 11.6 Å². The van der Waals surface area contributed by atoms with Crippen LogP contribution in [0.15, 0.2) is 42.3 Å². The SMILES string of the molecule is NCCc1nc(C(=O)NCc2ccc(Cn3cncn3)cc2)cs1. The molecule has 3 aromatic rings. The van der Waals surface area contributed by atoms with Crippen LogP contribution in [0.2, 0.25) is 0 Å². The number of aromatic nitrogens is 4. The first-order valence-electron chi connectivity index (χ1n) is 7.57. The highest BCUT2D eigenvalue weighted by molar-refractivity contribution is 7.09. The molecule has 0 bridgehead atoms. The van der Waals surface area contributed by atoms with E-state index < -0.39 is 0 Å². The molecule has 0 aliphatic heterocycles. The van der Waals surface area contributed by atoms with Crippen LogP contribution in [0.1, 0.15) is 26.6 Å². The van der Waals surface area contributed by atoms with Crippen LogP contribution in [0.5, 0.6) is 0 Å². The van der Waals surface area contributed by atoms with E-state index in [0.717, 1.165) is 16.1 Å². The van der Waals surface area contributed by atoms with Gasteiger partial charge >= 0.3 is 0 Å². The third-order valence-electron chi connectivity index (χ3n) is 3.43. The van der Waals surface area contributed by atoms with E-state index in [9.17, 15) is 4.79 Å². The van der Waals surface area contributed by atoms with Gasteiger partial charge in [0.2, 0.25) is 0 Å². The average Bonchev–Trinajstić information content (AvgIpc) is 3.26. The van der Waals surface area contributed by atoms with Crippen LogP contribution in [0, 0.1) is 0 Å². The molecule has 24 heavy (non-hydrogen) atoms. The van der Waals surface area contributed by atoms with Gasteiger partial charge in [-0.15, -0.1) is 11.3 Å². The average molecular weight is 342 g/mol. The predicted octanol–water partition coefficient (Wildman–Crippen LogP) is 1.21. The van der Waals surface area contributed by atoms with Crippen molar-refractivity contribution in [1.29, 1.82) is 0 Å². The molecule has 0 atom stereocenters. The van der Waals surface area contributed by atoms with E-state index in [0.29, 0.717) is 31.7 Å². The smallest absolute Gasteiger partial charge is 0.271 e. The summed E-state index contributed by atoms with van der Waals surface area (Å²) in [5.74, 6) is -0.166. The van der Waals surface area contributed by atoms with Crippen molar-refractivity contribution in [3.8, 4) is 0 Å². The number of hydrogen-bond acceptors (Lipinski definition) is 6. The summed E-state index contributed by atoms with van der Waals surface area (Å²) in [5, 5.41) is 9.61. The Morgan fingerprint density at radius 2 is 2.04 bits per heavy atom. The molecule has 0 saturated heterocycles. The molecule has 3 N–H and O–H groups in total. The minimum absolute atomic E-state index is 0.166. The van der Waals surface area contributed by atoms with Crippen LogP contribution >= 0.6 is 11.3 Å². The second kappa shape index (κ2) is 7.80. The van der Waals surface area contributed by atoms with Gasteiger partial charge in [0.1, 0.15) is 18.3 Å². The standard InChI is InChI=1S/C16H18N6OS/c17-6-5-15-21-14(9-24-15)16(23)19-7-12-1-3-13(4-2-12)8-22-11-18-10-20-22/h1-4,9-11H,5-8,17H2,(H,19,23). The number of hydrogen-bond donors (Lipinski definition) is 2. The summed E-state index contributed by atoms with van der Waals surface area (Å²) < 4.78 is 1.76. The van der Waals surface area contributed by atoms with Gasteiger partial charge in [-0.3, -0.25) is 4.79 Å². The molecule has 2 aromatic heterocycles. The lowest BCUT2D eigenvalue weighted by Gasteiger charge is -2.06. The number of nitrogens with one attached hydrogen (secondary N) is 1. The molecule has 1 amide bonds. The molecule has 3 rings (SSSR count). The van der Waals surface area contributed by atoms with Gasteiger partial charge in [-0.05, 0) is 17.7 Å². The summed E-state index contributed by atoms with van der Waals surface area (Å²) in [5.41, 5.74) is 8.10. The largest absolute Gasteiger partial charge is 0.347 e. The van der Waals surface area contributed by atoms with Crippen LogP contribution in [0.3, 0.4) is 0 Å². The molecular weight excluding hydrogens is 324 g/mol. The van der Waals surface area contributed by atoms with Crippen molar-refractivity contribution in [2.24, 2.45) is 5.73 Å². The van der Waals surface area contributed by atoms with Gasteiger partial charge in [-0.1, -0.05) is 24.3 Å². The second-order valence-corrected chi connectivity index (χ2v) is 6.20. The molecule has 0 aliphatic carbocycles. The molecule has 7 nitrogen and oxygen atoms in total. The van der Waals surface area contributed by atoms with Crippen LogP contribution in [-0.2, 0) is 19.5 Å². The van der Waals surface area contributed by atoms with Crippen LogP contribution in [0.4, 0.5) is 0 Å². The number of nitrogens with two attached hydrogens (primary N) is 1. The number of carbonyl (C=O) groups is 1. The maximum atomic E-state index is 12.1. The highest BCUT2D eigenvalue weighted by Gasteiger charge is 2.10. The van der Waals surface area contributed by atoms with Crippen molar-refractivity contribution < 1.29 is 4.79 Å². The molecule has 1 aromatic carbocycles. The molecule has 0 fully saturated rings. The monoisotopic (exact) mass is 342 g/mol. The van der Waals surface area contributed by atoms with E-state index in [1.165, 1.54) is 17.7 Å². The summed E-state index contributed by atoms with van der Waals surface area (Å²) in [6.45, 7) is 1.68.